The average Bonchev–Trinajstić information content (AvgIpc) is 2.20. The predicted octanol–water partition coefficient (Wildman–Crippen LogP) is 2.44. The Morgan fingerprint density at radius 2 is 2.12 bits per heavy atom. The molecule has 1 aromatic rings. The summed E-state index contributed by atoms with van der Waals surface area (Å²) in [5.74, 6) is 0.654. The lowest BCUT2D eigenvalue weighted by molar-refractivity contribution is 0.237. The summed E-state index contributed by atoms with van der Waals surface area (Å²) in [6.45, 7) is 10.7. The van der Waals surface area contributed by atoms with Crippen LogP contribution >= 0.6 is 0 Å². The lowest BCUT2D eigenvalue weighted by Gasteiger charge is -2.29. The van der Waals surface area contributed by atoms with E-state index >= 15 is 0 Å². The first-order valence-electron chi connectivity index (χ1n) is 5.83. The molecule has 0 saturated heterocycles. The zero-order valence-electron chi connectivity index (χ0n) is 10.7. The Morgan fingerprint density at radius 1 is 1.44 bits per heavy atom. The Kier molecular flexibility index (Phi) is 4.30. The second kappa shape index (κ2) is 5.30. The molecular weight excluding hydrogens is 198 g/mol. The number of anilines is 1. The normalized spacial score (nSPS) is 12.1. The van der Waals surface area contributed by atoms with Crippen molar-refractivity contribution in [3.8, 4) is 0 Å². The van der Waals surface area contributed by atoms with Crippen LogP contribution in [0.2, 0.25) is 0 Å². The Labute approximate surface area is 98.5 Å². The standard InChI is InChI=1S/C13H23N3/c1-10(2)13(3,4)9-15-8-12-11(14)6-5-7-16-12/h5-7,10,15H,8-9,14H2,1-4H3. The van der Waals surface area contributed by atoms with E-state index in [9.17, 15) is 0 Å². The van der Waals surface area contributed by atoms with E-state index in [1.54, 1.807) is 6.20 Å². The molecule has 0 atom stereocenters. The van der Waals surface area contributed by atoms with E-state index in [0.717, 1.165) is 24.5 Å². The van der Waals surface area contributed by atoms with Crippen molar-refractivity contribution in [1.29, 1.82) is 0 Å². The minimum absolute atomic E-state index is 0.295. The molecule has 0 aliphatic rings. The molecule has 90 valence electrons. The summed E-state index contributed by atoms with van der Waals surface area (Å²) in [6.07, 6.45) is 1.78. The first-order chi connectivity index (χ1) is 7.43. The van der Waals surface area contributed by atoms with Crippen LogP contribution in [-0.4, -0.2) is 11.5 Å². The molecule has 0 aromatic carbocycles. The second-order valence-corrected chi connectivity index (χ2v) is 5.29. The molecule has 1 heterocycles. The maximum atomic E-state index is 5.83. The summed E-state index contributed by atoms with van der Waals surface area (Å²) in [6, 6.07) is 3.74. The van der Waals surface area contributed by atoms with Gasteiger partial charge in [0.05, 0.1) is 11.4 Å². The average molecular weight is 221 g/mol. The van der Waals surface area contributed by atoms with E-state index in [2.05, 4.69) is 38.0 Å². The molecule has 0 aliphatic carbocycles. The van der Waals surface area contributed by atoms with Gasteiger partial charge in [0, 0.05) is 19.3 Å². The zero-order chi connectivity index (χ0) is 12.2. The van der Waals surface area contributed by atoms with Gasteiger partial charge in [0.2, 0.25) is 0 Å². The largest absolute Gasteiger partial charge is 0.397 e. The summed E-state index contributed by atoms with van der Waals surface area (Å²) in [5.41, 5.74) is 7.82. The fraction of sp³-hybridized carbons (Fsp3) is 0.615. The number of nitrogens with two attached hydrogens (primary N) is 1. The molecule has 0 bridgehead atoms. The molecule has 3 heteroatoms. The molecule has 0 amide bonds. The summed E-state index contributed by atoms with van der Waals surface area (Å²) in [7, 11) is 0. The number of nitrogens with one attached hydrogen (secondary N) is 1. The minimum Gasteiger partial charge on any atom is -0.397 e. The van der Waals surface area contributed by atoms with Gasteiger partial charge in [-0.15, -0.1) is 0 Å². The van der Waals surface area contributed by atoms with Crippen LogP contribution in [0.3, 0.4) is 0 Å². The van der Waals surface area contributed by atoms with Crippen molar-refractivity contribution >= 4 is 5.69 Å². The van der Waals surface area contributed by atoms with Crippen LogP contribution in [-0.2, 0) is 6.54 Å². The molecule has 0 fully saturated rings. The van der Waals surface area contributed by atoms with Gasteiger partial charge in [-0.2, -0.15) is 0 Å². The van der Waals surface area contributed by atoms with Crippen molar-refractivity contribution in [3.05, 3.63) is 24.0 Å². The number of aromatic nitrogens is 1. The quantitative estimate of drug-likeness (QED) is 0.803. The van der Waals surface area contributed by atoms with E-state index in [1.165, 1.54) is 0 Å². The molecule has 1 rings (SSSR count). The van der Waals surface area contributed by atoms with Gasteiger partial charge in [-0.05, 0) is 23.5 Å². The van der Waals surface area contributed by atoms with E-state index in [0.29, 0.717) is 11.3 Å². The molecule has 0 spiro atoms. The smallest absolute Gasteiger partial charge is 0.0770 e. The number of nitrogen functional groups attached to an aromatic ring is 1. The van der Waals surface area contributed by atoms with Crippen molar-refractivity contribution in [2.75, 3.05) is 12.3 Å². The molecule has 0 unspecified atom stereocenters. The minimum atomic E-state index is 0.295. The molecule has 3 nitrogen and oxygen atoms in total. The Bertz CT molecular complexity index is 332. The number of hydrogen-bond donors (Lipinski definition) is 2. The van der Waals surface area contributed by atoms with Crippen molar-refractivity contribution < 1.29 is 0 Å². The predicted molar refractivity (Wildman–Crippen MR) is 69.0 cm³/mol. The van der Waals surface area contributed by atoms with Gasteiger partial charge in [-0.1, -0.05) is 27.7 Å². The lowest BCUT2D eigenvalue weighted by atomic mass is 9.81. The van der Waals surface area contributed by atoms with Crippen molar-refractivity contribution in [2.45, 2.75) is 34.2 Å². The number of hydrogen-bond acceptors (Lipinski definition) is 3. The molecule has 0 radical (unpaired) electrons. The van der Waals surface area contributed by atoms with Crippen LogP contribution in [0.15, 0.2) is 18.3 Å². The topological polar surface area (TPSA) is 50.9 Å². The maximum Gasteiger partial charge on any atom is 0.0770 e. The third kappa shape index (κ3) is 3.49. The van der Waals surface area contributed by atoms with Gasteiger partial charge in [0.15, 0.2) is 0 Å². The summed E-state index contributed by atoms with van der Waals surface area (Å²) in [5, 5.41) is 3.42. The van der Waals surface area contributed by atoms with Crippen LogP contribution in [0.4, 0.5) is 5.69 Å². The highest BCUT2D eigenvalue weighted by Crippen LogP contribution is 2.24. The van der Waals surface area contributed by atoms with Gasteiger partial charge in [-0.25, -0.2) is 0 Å². The monoisotopic (exact) mass is 221 g/mol. The highest BCUT2D eigenvalue weighted by Gasteiger charge is 2.21. The third-order valence-corrected chi connectivity index (χ3v) is 3.36. The molecule has 1 aromatic heterocycles. The van der Waals surface area contributed by atoms with Gasteiger partial charge < -0.3 is 11.1 Å². The first-order valence-corrected chi connectivity index (χ1v) is 5.83. The first kappa shape index (κ1) is 13.0. The van der Waals surface area contributed by atoms with E-state index in [1.807, 2.05) is 12.1 Å². The van der Waals surface area contributed by atoms with Crippen LogP contribution in [0, 0.1) is 11.3 Å². The maximum absolute atomic E-state index is 5.83. The number of pyridine rings is 1. The summed E-state index contributed by atoms with van der Waals surface area (Å²) < 4.78 is 0. The third-order valence-electron chi connectivity index (χ3n) is 3.36. The van der Waals surface area contributed by atoms with Crippen LogP contribution in [0.5, 0.6) is 0 Å². The summed E-state index contributed by atoms with van der Waals surface area (Å²) >= 11 is 0. The second-order valence-electron chi connectivity index (χ2n) is 5.29. The SMILES string of the molecule is CC(C)C(C)(C)CNCc1ncccc1N. The number of nitrogens with zero attached hydrogens (tertiary/aromatic N) is 1. The number of rotatable bonds is 5. The van der Waals surface area contributed by atoms with E-state index in [4.69, 9.17) is 5.73 Å². The Morgan fingerprint density at radius 3 is 2.69 bits per heavy atom. The molecule has 0 saturated carbocycles. The van der Waals surface area contributed by atoms with Crippen molar-refractivity contribution in [1.82, 2.24) is 10.3 Å². The fourth-order valence-corrected chi connectivity index (χ4v) is 1.31. The molecule has 0 aliphatic heterocycles. The van der Waals surface area contributed by atoms with Crippen LogP contribution < -0.4 is 11.1 Å². The van der Waals surface area contributed by atoms with Gasteiger partial charge >= 0.3 is 0 Å². The fourth-order valence-electron chi connectivity index (χ4n) is 1.31. The lowest BCUT2D eigenvalue weighted by Crippen LogP contribution is -2.33. The van der Waals surface area contributed by atoms with Crippen molar-refractivity contribution in [3.63, 3.8) is 0 Å². The molecular formula is C13H23N3. The van der Waals surface area contributed by atoms with Gasteiger partial charge in [0.25, 0.3) is 0 Å². The highest BCUT2D eigenvalue weighted by atomic mass is 14.9. The van der Waals surface area contributed by atoms with Gasteiger partial charge in [-0.3, -0.25) is 4.98 Å². The molecule has 16 heavy (non-hydrogen) atoms. The Balaban J connectivity index is 2.45. The highest BCUT2D eigenvalue weighted by molar-refractivity contribution is 5.41. The van der Waals surface area contributed by atoms with Crippen molar-refractivity contribution in [2.24, 2.45) is 11.3 Å². The van der Waals surface area contributed by atoms with Crippen LogP contribution in [0.25, 0.3) is 0 Å². The zero-order valence-corrected chi connectivity index (χ0v) is 10.7. The van der Waals surface area contributed by atoms with Crippen LogP contribution in [0.1, 0.15) is 33.4 Å². The van der Waals surface area contributed by atoms with E-state index < -0.39 is 0 Å². The Hall–Kier alpha value is -1.09. The van der Waals surface area contributed by atoms with Gasteiger partial charge in [0.1, 0.15) is 0 Å². The molecule has 3 N–H and O–H groups in total. The van der Waals surface area contributed by atoms with E-state index in [-0.39, 0.29) is 0 Å². The summed E-state index contributed by atoms with van der Waals surface area (Å²) in [4.78, 5) is 4.26.